The Kier molecular flexibility index (Phi) is 16.7. The van der Waals surface area contributed by atoms with Gasteiger partial charge >= 0.3 is 0 Å². The molecule has 10 atom stereocenters. The molecule has 0 spiro atoms. The maximum atomic E-state index is 14.1. The zero-order valence-electron chi connectivity index (χ0n) is 37.5. The van der Waals surface area contributed by atoms with Crippen LogP contribution in [0.3, 0.4) is 0 Å². The van der Waals surface area contributed by atoms with Crippen molar-refractivity contribution >= 4 is 26.5 Å². The zero-order chi connectivity index (χ0) is 42.6. The van der Waals surface area contributed by atoms with Crippen molar-refractivity contribution in [1.29, 1.82) is 0 Å². The average Bonchev–Trinajstić information content (AvgIpc) is 3.63. The van der Waals surface area contributed by atoms with Crippen LogP contribution in [0.25, 0.3) is 0 Å². The van der Waals surface area contributed by atoms with Gasteiger partial charge in [-0.1, -0.05) is 79.8 Å². The lowest BCUT2D eigenvalue weighted by Crippen LogP contribution is -2.49. The van der Waals surface area contributed by atoms with Crippen LogP contribution in [0, 0.1) is 11.8 Å². The Morgan fingerprint density at radius 2 is 1.51 bits per heavy atom. The van der Waals surface area contributed by atoms with E-state index in [4.69, 9.17) is 27.8 Å². The van der Waals surface area contributed by atoms with Crippen LogP contribution in [0.15, 0.2) is 59.5 Å². The van der Waals surface area contributed by atoms with Crippen LogP contribution in [-0.4, -0.2) is 105 Å². The van der Waals surface area contributed by atoms with Gasteiger partial charge in [-0.25, -0.2) is 8.42 Å². The second-order valence-corrected chi connectivity index (χ2v) is 31.8. The highest BCUT2D eigenvalue weighted by molar-refractivity contribution is 7.91. The number of aliphatic hydroxyl groups is 1. The van der Waals surface area contributed by atoms with E-state index < -0.39 is 50.7 Å². The molecule has 9 nitrogen and oxygen atoms in total. The van der Waals surface area contributed by atoms with E-state index >= 15 is 0 Å². The summed E-state index contributed by atoms with van der Waals surface area (Å²) in [5.74, 6) is -0.324. The fourth-order valence-corrected chi connectivity index (χ4v) is 12.1. The van der Waals surface area contributed by atoms with Crippen LogP contribution in [0.2, 0.25) is 36.3 Å². The van der Waals surface area contributed by atoms with Gasteiger partial charge in [-0.15, -0.1) is 0 Å². The Balaban J connectivity index is 1.59. The molecule has 0 aromatic heterocycles. The predicted molar refractivity (Wildman–Crippen MR) is 235 cm³/mol. The molecule has 12 heteroatoms. The Morgan fingerprint density at radius 1 is 0.877 bits per heavy atom. The molecular formula is C45H78O9SSi2. The van der Waals surface area contributed by atoms with Gasteiger partial charge in [0.1, 0.15) is 0 Å². The molecule has 0 bridgehead atoms. The first-order valence-electron chi connectivity index (χ1n) is 21.4. The van der Waals surface area contributed by atoms with E-state index in [1.54, 1.807) is 31.4 Å². The molecule has 0 amide bonds. The van der Waals surface area contributed by atoms with Crippen molar-refractivity contribution in [3.63, 3.8) is 0 Å². The summed E-state index contributed by atoms with van der Waals surface area (Å²) < 4.78 is 68.6. The van der Waals surface area contributed by atoms with Gasteiger partial charge in [0.2, 0.25) is 0 Å². The van der Waals surface area contributed by atoms with Gasteiger partial charge in [-0.05, 0) is 104 Å². The second kappa shape index (κ2) is 19.7. The standard InChI is InChI=1S/C45H78O9SSi2/c1-31-25-35(22-23-39-32(2)26-34(51-39)19-18-24-46)52-40(33(31)3)28-41-38(30-55(47,48)37-20-16-15-17-21-37)43(49-10)42(53-41)27-36(54-57(13,14)45(7,8)9)29-50-56(11,12)44(4,5)6/h15-17,20-21,31,34-36,38-43,46H,2-3,18-19,22-30H2,1,4-14H3/t31-,34+,35?,36+,38?,39+,40?,41+,42?,43-/m1/s1. The highest BCUT2D eigenvalue weighted by atomic mass is 32.2. The van der Waals surface area contributed by atoms with Crippen molar-refractivity contribution in [1.82, 2.24) is 0 Å². The molecule has 3 aliphatic rings. The summed E-state index contributed by atoms with van der Waals surface area (Å²) in [6.07, 6.45) is 4.12. The Labute approximate surface area is 348 Å². The SMILES string of the molecule is C=C1C(C[C@@H]2OC(C[C@@H](CO[Si](C)(C)C(C)(C)C)O[Si](C)(C)C(C)(C)C)[C@H](OC)C2CS(=O)(=O)c2ccccc2)OC(CC[C@@H]2O[C@@H](CCCO)CC2=C)C[C@H]1C. The van der Waals surface area contributed by atoms with Crippen LogP contribution in [-0.2, 0) is 37.6 Å². The minimum atomic E-state index is -3.68. The van der Waals surface area contributed by atoms with Gasteiger partial charge in [0.15, 0.2) is 26.5 Å². The molecule has 1 aromatic carbocycles. The van der Waals surface area contributed by atoms with Crippen molar-refractivity contribution in [2.45, 2.75) is 190 Å². The lowest BCUT2D eigenvalue weighted by atomic mass is 9.83. The molecule has 326 valence electrons. The molecule has 1 aromatic rings. The molecule has 0 radical (unpaired) electrons. The smallest absolute Gasteiger partial charge is 0.192 e. The molecule has 3 aliphatic heterocycles. The monoisotopic (exact) mass is 850 g/mol. The maximum absolute atomic E-state index is 14.1. The highest BCUT2D eigenvalue weighted by Crippen LogP contribution is 2.44. The fourth-order valence-electron chi connectivity index (χ4n) is 8.08. The lowest BCUT2D eigenvalue weighted by Gasteiger charge is -2.42. The highest BCUT2D eigenvalue weighted by Gasteiger charge is 2.50. The molecule has 57 heavy (non-hydrogen) atoms. The summed E-state index contributed by atoms with van der Waals surface area (Å²) in [5, 5.41) is 9.32. The number of hydrogen-bond donors (Lipinski definition) is 1. The van der Waals surface area contributed by atoms with Crippen molar-refractivity contribution in [2.24, 2.45) is 11.8 Å². The first-order chi connectivity index (χ1) is 26.4. The molecule has 3 heterocycles. The van der Waals surface area contributed by atoms with E-state index in [9.17, 15) is 13.5 Å². The Morgan fingerprint density at radius 3 is 2.11 bits per heavy atom. The van der Waals surface area contributed by atoms with Gasteiger partial charge in [0, 0.05) is 32.5 Å². The first-order valence-corrected chi connectivity index (χ1v) is 28.9. The zero-order valence-corrected chi connectivity index (χ0v) is 40.3. The van der Waals surface area contributed by atoms with Gasteiger partial charge in [-0.3, -0.25) is 0 Å². The third kappa shape index (κ3) is 12.7. The minimum absolute atomic E-state index is 0.000157. The first kappa shape index (κ1) is 48.5. The molecule has 4 rings (SSSR count). The molecule has 0 saturated carbocycles. The van der Waals surface area contributed by atoms with Gasteiger partial charge in [-0.2, -0.15) is 0 Å². The van der Waals surface area contributed by atoms with E-state index in [1.165, 1.54) is 0 Å². The number of benzene rings is 1. The van der Waals surface area contributed by atoms with E-state index in [0.29, 0.717) is 24.3 Å². The molecule has 3 fully saturated rings. The molecule has 3 saturated heterocycles. The van der Waals surface area contributed by atoms with Crippen LogP contribution >= 0.6 is 0 Å². The normalized spacial score (nSPS) is 29.9. The second-order valence-electron chi connectivity index (χ2n) is 20.2. The topological polar surface area (TPSA) is 110 Å². The van der Waals surface area contributed by atoms with Crippen LogP contribution < -0.4 is 0 Å². The number of hydrogen-bond acceptors (Lipinski definition) is 9. The van der Waals surface area contributed by atoms with Crippen LogP contribution in [0.4, 0.5) is 0 Å². The Hall–Kier alpha value is -1.20. The Bertz CT molecular complexity index is 1570. The van der Waals surface area contributed by atoms with E-state index in [1.807, 2.05) is 6.07 Å². The fraction of sp³-hybridized carbons (Fsp3) is 0.778. The van der Waals surface area contributed by atoms with E-state index in [0.717, 1.165) is 49.7 Å². The van der Waals surface area contributed by atoms with Crippen molar-refractivity contribution in [3.8, 4) is 0 Å². The number of methoxy groups -OCH3 is 1. The summed E-state index contributed by atoms with van der Waals surface area (Å²) in [4.78, 5) is 0.297. The third-order valence-corrected chi connectivity index (χ3v) is 24.7. The molecule has 1 N–H and O–H groups in total. The molecule has 4 unspecified atom stereocenters. The summed E-state index contributed by atoms with van der Waals surface area (Å²) in [7, 11) is -6.35. The van der Waals surface area contributed by atoms with E-state index in [2.05, 4.69) is 87.8 Å². The van der Waals surface area contributed by atoms with Gasteiger partial charge in [0.25, 0.3) is 0 Å². The van der Waals surface area contributed by atoms with Crippen molar-refractivity contribution in [2.75, 3.05) is 26.1 Å². The number of sulfone groups is 1. The van der Waals surface area contributed by atoms with Gasteiger partial charge < -0.3 is 32.9 Å². The summed E-state index contributed by atoms with van der Waals surface area (Å²) >= 11 is 0. The van der Waals surface area contributed by atoms with Crippen LogP contribution in [0.1, 0.15) is 99.8 Å². The van der Waals surface area contributed by atoms with Gasteiger partial charge in [0.05, 0.1) is 66.1 Å². The largest absolute Gasteiger partial charge is 0.414 e. The average molecular weight is 851 g/mol. The third-order valence-electron chi connectivity index (χ3n) is 13.8. The quantitative estimate of drug-likeness (QED) is 0.108. The number of rotatable bonds is 19. The van der Waals surface area contributed by atoms with E-state index in [-0.39, 0.29) is 58.9 Å². The van der Waals surface area contributed by atoms with Crippen LogP contribution in [0.5, 0.6) is 0 Å². The molecular weight excluding hydrogens is 773 g/mol. The number of aliphatic hydroxyl groups excluding tert-OH is 1. The predicted octanol–water partition coefficient (Wildman–Crippen LogP) is 9.67. The minimum Gasteiger partial charge on any atom is -0.414 e. The summed E-state index contributed by atoms with van der Waals surface area (Å²) in [6.45, 7) is 34.2. The number of ether oxygens (including phenoxy) is 4. The van der Waals surface area contributed by atoms with Crippen molar-refractivity contribution < 1.29 is 41.3 Å². The summed E-state index contributed by atoms with van der Waals surface area (Å²) in [5.41, 5.74) is 2.14. The lowest BCUT2D eigenvalue weighted by molar-refractivity contribution is -0.0782. The molecule has 0 aliphatic carbocycles. The maximum Gasteiger partial charge on any atom is 0.192 e. The summed E-state index contributed by atoms with van der Waals surface area (Å²) in [6, 6.07) is 8.68. The van der Waals surface area contributed by atoms with Crippen molar-refractivity contribution in [3.05, 3.63) is 54.6 Å².